The molecule has 0 bridgehead atoms. The molecule has 156 valence electrons. The molecule has 9 heteroatoms. The predicted octanol–water partition coefficient (Wildman–Crippen LogP) is -1.02. The van der Waals surface area contributed by atoms with Gasteiger partial charge in [0.05, 0.1) is 19.6 Å². The van der Waals surface area contributed by atoms with Gasteiger partial charge >= 0.3 is 0 Å². The number of rotatable bonds is 9. The molecule has 1 aliphatic heterocycles. The zero-order valence-electron chi connectivity index (χ0n) is 16.4. The van der Waals surface area contributed by atoms with Crippen molar-refractivity contribution in [2.24, 2.45) is 0 Å². The fourth-order valence-electron chi connectivity index (χ4n) is 2.87. The van der Waals surface area contributed by atoms with Gasteiger partial charge in [-0.2, -0.15) is 0 Å². The lowest BCUT2D eigenvalue weighted by Crippen LogP contribution is -2.40. The molecule has 1 aromatic rings. The molecule has 2 amide bonds. The number of carbonyl (C=O) groups excluding carboxylic acids is 2. The number of amides is 2. The fourth-order valence-corrected chi connectivity index (χ4v) is 2.87. The lowest BCUT2D eigenvalue weighted by atomic mass is 10.1. The Bertz CT molecular complexity index is 652. The number of nitrogens with zero attached hydrogens (tertiary/aromatic N) is 1. The summed E-state index contributed by atoms with van der Waals surface area (Å²) >= 11 is 0. The minimum atomic E-state index is -1.19. The second-order valence-electron chi connectivity index (χ2n) is 6.99. The maximum atomic E-state index is 12.2. The molecule has 1 saturated heterocycles. The summed E-state index contributed by atoms with van der Waals surface area (Å²) in [4.78, 5) is 26.1. The Morgan fingerprint density at radius 2 is 1.75 bits per heavy atom. The van der Waals surface area contributed by atoms with Gasteiger partial charge < -0.3 is 35.2 Å². The van der Waals surface area contributed by atoms with E-state index in [0.29, 0.717) is 24.4 Å². The number of aliphatic hydroxyl groups is 2. The van der Waals surface area contributed by atoms with E-state index in [-0.39, 0.29) is 24.8 Å². The second-order valence-corrected chi connectivity index (χ2v) is 6.99. The smallest absolute Gasteiger partial charge is 0.251 e. The Balaban J connectivity index is 1.81. The molecule has 2 rings (SSSR count). The van der Waals surface area contributed by atoms with Crippen molar-refractivity contribution in [1.29, 1.82) is 0 Å². The van der Waals surface area contributed by atoms with Gasteiger partial charge in [0.2, 0.25) is 5.91 Å². The summed E-state index contributed by atoms with van der Waals surface area (Å²) in [7, 11) is 5.34. The first-order valence-corrected chi connectivity index (χ1v) is 9.17. The lowest BCUT2D eigenvalue weighted by Gasteiger charge is -2.16. The van der Waals surface area contributed by atoms with Crippen LogP contribution in [0.2, 0.25) is 0 Å². The number of carbonyl (C=O) groups is 2. The highest BCUT2D eigenvalue weighted by atomic mass is 16.5. The highest BCUT2D eigenvalue weighted by Gasteiger charge is 2.43. The van der Waals surface area contributed by atoms with E-state index in [1.54, 1.807) is 24.3 Å². The molecule has 4 N–H and O–H groups in total. The maximum absolute atomic E-state index is 12.2. The summed E-state index contributed by atoms with van der Waals surface area (Å²) in [5.41, 5.74) is 0.436. The average molecular weight is 395 g/mol. The summed E-state index contributed by atoms with van der Waals surface area (Å²) in [6.07, 6.45) is -4.05. The molecule has 0 radical (unpaired) electrons. The number of likely N-dealkylation sites (N-methyl/N-ethyl adjacent to an activating group) is 1. The highest BCUT2D eigenvalue weighted by Crippen LogP contribution is 2.23. The van der Waals surface area contributed by atoms with Crippen LogP contribution in [-0.2, 0) is 9.53 Å². The average Bonchev–Trinajstić information content (AvgIpc) is 2.93. The monoisotopic (exact) mass is 395 g/mol. The van der Waals surface area contributed by atoms with Crippen LogP contribution in [0.15, 0.2) is 24.3 Å². The predicted molar refractivity (Wildman–Crippen MR) is 102 cm³/mol. The fraction of sp³-hybridized carbons (Fsp3) is 0.579. The summed E-state index contributed by atoms with van der Waals surface area (Å²) in [6.45, 7) is 1.20. The van der Waals surface area contributed by atoms with E-state index in [9.17, 15) is 19.8 Å². The van der Waals surface area contributed by atoms with Crippen LogP contribution >= 0.6 is 0 Å². The number of methoxy groups -OCH3 is 1. The van der Waals surface area contributed by atoms with Crippen LogP contribution in [0.5, 0.6) is 5.75 Å². The minimum absolute atomic E-state index is 0.0157. The van der Waals surface area contributed by atoms with Crippen LogP contribution in [0.3, 0.4) is 0 Å². The van der Waals surface area contributed by atoms with Gasteiger partial charge in [-0.05, 0) is 38.4 Å². The molecule has 0 saturated carbocycles. The number of nitrogens with one attached hydrogen (secondary N) is 2. The van der Waals surface area contributed by atoms with Crippen LogP contribution in [0.25, 0.3) is 0 Å². The molecule has 1 fully saturated rings. The Morgan fingerprint density at radius 1 is 1.11 bits per heavy atom. The normalized spacial score (nSPS) is 24.2. The molecular formula is C19H29N3O6. The van der Waals surface area contributed by atoms with Crippen LogP contribution < -0.4 is 15.4 Å². The lowest BCUT2D eigenvalue weighted by molar-refractivity contribution is -0.125. The van der Waals surface area contributed by atoms with E-state index in [1.165, 1.54) is 7.11 Å². The molecule has 1 aliphatic rings. The molecule has 0 aliphatic carbocycles. The first-order valence-electron chi connectivity index (χ1n) is 9.17. The molecule has 1 heterocycles. The van der Waals surface area contributed by atoms with E-state index < -0.39 is 24.4 Å². The van der Waals surface area contributed by atoms with Gasteiger partial charge in [-0.15, -0.1) is 0 Å². The van der Waals surface area contributed by atoms with Crippen molar-refractivity contribution in [2.75, 3.05) is 40.8 Å². The van der Waals surface area contributed by atoms with Crippen molar-refractivity contribution in [2.45, 2.75) is 30.8 Å². The number of hydrogen-bond donors (Lipinski definition) is 4. The Labute approximate surface area is 164 Å². The summed E-state index contributed by atoms with van der Waals surface area (Å²) < 4.78 is 10.6. The van der Waals surface area contributed by atoms with E-state index in [2.05, 4.69) is 10.6 Å². The third-order valence-electron chi connectivity index (χ3n) is 4.55. The van der Waals surface area contributed by atoms with E-state index >= 15 is 0 Å². The van der Waals surface area contributed by atoms with E-state index in [0.717, 1.165) is 0 Å². The first kappa shape index (κ1) is 22.1. The first-order chi connectivity index (χ1) is 13.3. The van der Waals surface area contributed by atoms with Crippen LogP contribution in [0.1, 0.15) is 16.8 Å². The number of aliphatic hydroxyl groups excluding tert-OH is 2. The zero-order chi connectivity index (χ0) is 20.7. The summed E-state index contributed by atoms with van der Waals surface area (Å²) in [5, 5.41) is 25.7. The van der Waals surface area contributed by atoms with Crippen LogP contribution in [0.4, 0.5) is 0 Å². The molecular weight excluding hydrogens is 366 g/mol. The summed E-state index contributed by atoms with van der Waals surface area (Å²) in [5.74, 6) is 0.0414. The molecule has 4 atom stereocenters. The molecule has 1 unspecified atom stereocenters. The number of hydrogen-bond acceptors (Lipinski definition) is 7. The van der Waals surface area contributed by atoms with Gasteiger partial charge in [-0.3, -0.25) is 9.59 Å². The number of ether oxygens (including phenoxy) is 2. The van der Waals surface area contributed by atoms with Gasteiger partial charge in [-0.1, -0.05) is 0 Å². The third kappa shape index (κ3) is 6.16. The second kappa shape index (κ2) is 10.4. The standard InChI is InChI=1S/C19H29N3O6/c1-22(2)9-8-20-16(23)10-14-17(24)18(25)15(28-14)11-21-19(26)12-4-6-13(27-3)7-5-12/h4-7,14-15,17-18,24-25H,8-11H2,1-3H3,(H,20,23)(H,21,26)/t14-,15+,17?,18+/m0/s1. The Hall–Kier alpha value is -2.20. The third-order valence-corrected chi connectivity index (χ3v) is 4.55. The van der Waals surface area contributed by atoms with Gasteiger partial charge in [0.15, 0.2) is 0 Å². The minimum Gasteiger partial charge on any atom is -0.497 e. The topological polar surface area (TPSA) is 120 Å². The van der Waals surface area contributed by atoms with Gasteiger partial charge in [0.1, 0.15) is 24.1 Å². The van der Waals surface area contributed by atoms with E-state index in [4.69, 9.17) is 9.47 Å². The van der Waals surface area contributed by atoms with E-state index in [1.807, 2.05) is 19.0 Å². The highest BCUT2D eigenvalue weighted by molar-refractivity contribution is 5.94. The molecule has 9 nitrogen and oxygen atoms in total. The van der Waals surface area contributed by atoms with Crippen molar-refractivity contribution in [3.63, 3.8) is 0 Å². The molecule has 1 aromatic carbocycles. The SMILES string of the molecule is COc1ccc(C(=O)NC[C@H]2O[C@@H](CC(=O)NCCN(C)C)C(O)[C@@H]2O)cc1. The largest absolute Gasteiger partial charge is 0.497 e. The van der Waals surface area contributed by atoms with Gasteiger partial charge in [-0.25, -0.2) is 0 Å². The quantitative estimate of drug-likeness (QED) is 0.422. The zero-order valence-corrected chi connectivity index (χ0v) is 16.4. The van der Waals surface area contributed by atoms with Crippen molar-refractivity contribution >= 4 is 11.8 Å². The Kier molecular flexibility index (Phi) is 8.18. The van der Waals surface area contributed by atoms with Crippen molar-refractivity contribution < 1.29 is 29.3 Å². The molecule has 0 aromatic heterocycles. The van der Waals surface area contributed by atoms with Crippen molar-refractivity contribution in [1.82, 2.24) is 15.5 Å². The van der Waals surface area contributed by atoms with Crippen molar-refractivity contribution in [3.8, 4) is 5.75 Å². The molecule has 0 spiro atoms. The van der Waals surface area contributed by atoms with Crippen molar-refractivity contribution in [3.05, 3.63) is 29.8 Å². The van der Waals surface area contributed by atoms with Gasteiger partial charge in [0.25, 0.3) is 5.91 Å². The Morgan fingerprint density at radius 3 is 2.36 bits per heavy atom. The number of benzene rings is 1. The van der Waals surface area contributed by atoms with Crippen LogP contribution in [0, 0.1) is 0 Å². The summed E-state index contributed by atoms with van der Waals surface area (Å²) in [6, 6.07) is 6.58. The van der Waals surface area contributed by atoms with Crippen LogP contribution in [-0.4, -0.2) is 92.2 Å². The van der Waals surface area contributed by atoms with Gasteiger partial charge in [0, 0.05) is 25.2 Å². The molecule has 28 heavy (non-hydrogen) atoms. The maximum Gasteiger partial charge on any atom is 0.251 e.